The van der Waals surface area contributed by atoms with Gasteiger partial charge in [-0.3, -0.25) is 0 Å². The molecule has 7 heteroatoms. The van der Waals surface area contributed by atoms with Crippen LogP contribution in [0.1, 0.15) is 18.1 Å². The highest BCUT2D eigenvalue weighted by Crippen LogP contribution is 2.21. The fraction of sp³-hybridized carbons (Fsp3) is 0.421. The largest absolute Gasteiger partial charge is 0.450 e. The van der Waals surface area contributed by atoms with E-state index >= 15 is 0 Å². The lowest BCUT2D eigenvalue weighted by molar-refractivity contribution is 0.105. The number of nitrogens with one attached hydrogen (secondary N) is 1. The third kappa shape index (κ3) is 4.22. The zero-order chi connectivity index (χ0) is 18.5. The van der Waals surface area contributed by atoms with Gasteiger partial charge in [-0.05, 0) is 38.5 Å². The highest BCUT2D eigenvalue weighted by molar-refractivity contribution is 5.68. The predicted molar refractivity (Wildman–Crippen MR) is 102 cm³/mol. The van der Waals surface area contributed by atoms with E-state index in [0.29, 0.717) is 38.7 Å². The maximum atomic E-state index is 11.8. The Morgan fingerprint density at radius 1 is 1.19 bits per heavy atom. The molecule has 1 amide bonds. The van der Waals surface area contributed by atoms with Crippen molar-refractivity contribution in [3.05, 3.63) is 41.6 Å². The van der Waals surface area contributed by atoms with E-state index in [1.165, 1.54) is 11.1 Å². The molecule has 138 valence electrons. The second-order valence-electron chi connectivity index (χ2n) is 6.36. The lowest BCUT2D eigenvalue weighted by Crippen LogP contribution is -2.49. The first-order valence-electron chi connectivity index (χ1n) is 8.91. The molecular formula is C19H25N5O2. The Morgan fingerprint density at radius 2 is 1.96 bits per heavy atom. The number of aromatic nitrogens is 2. The van der Waals surface area contributed by atoms with Crippen molar-refractivity contribution >= 4 is 23.5 Å². The average molecular weight is 355 g/mol. The third-order valence-corrected chi connectivity index (χ3v) is 4.38. The number of hydrogen-bond donors (Lipinski definition) is 1. The minimum atomic E-state index is -0.252. The molecule has 2 aromatic rings. The van der Waals surface area contributed by atoms with Gasteiger partial charge in [0, 0.05) is 38.1 Å². The molecule has 2 heterocycles. The van der Waals surface area contributed by atoms with Gasteiger partial charge in [0.15, 0.2) is 0 Å². The van der Waals surface area contributed by atoms with Gasteiger partial charge in [0.1, 0.15) is 5.82 Å². The molecule has 1 fully saturated rings. The van der Waals surface area contributed by atoms with Crippen LogP contribution in [0.3, 0.4) is 0 Å². The van der Waals surface area contributed by atoms with Crippen LogP contribution in [-0.2, 0) is 4.74 Å². The summed E-state index contributed by atoms with van der Waals surface area (Å²) >= 11 is 0. The number of hydrogen-bond acceptors (Lipinski definition) is 6. The average Bonchev–Trinajstić information content (AvgIpc) is 2.65. The van der Waals surface area contributed by atoms with Crippen molar-refractivity contribution in [3.8, 4) is 0 Å². The van der Waals surface area contributed by atoms with Crippen molar-refractivity contribution < 1.29 is 9.53 Å². The zero-order valence-electron chi connectivity index (χ0n) is 15.5. The van der Waals surface area contributed by atoms with Gasteiger partial charge in [-0.25, -0.2) is 9.78 Å². The summed E-state index contributed by atoms with van der Waals surface area (Å²) in [7, 11) is 0. The van der Waals surface area contributed by atoms with E-state index in [0.717, 1.165) is 11.5 Å². The van der Waals surface area contributed by atoms with Crippen molar-refractivity contribution in [2.75, 3.05) is 43.0 Å². The summed E-state index contributed by atoms with van der Waals surface area (Å²) in [6.07, 6.45) is 1.50. The number of aryl methyl sites for hydroxylation is 2. The monoisotopic (exact) mass is 355 g/mol. The Balaban J connectivity index is 1.65. The number of amides is 1. The van der Waals surface area contributed by atoms with Gasteiger partial charge >= 0.3 is 6.09 Å². The molecule has 0 unspecified atom stereocenters. The standard InChI is InChI=1S/C19H25N5O2/c1-4-26-19(25)24-11-9-23(10-12-24)18-20-8-7-17(22-18)21-16-6-5-14(2)13-15(16)3/h5-8,13H,4,9-12H2,1-3H3,(H,20,21,22). The van der Waals surface area contributed by atoms with Gasteiger partial charge in [0.25, 0.3) is 0 Å². The predicted octanol–water partition coefficient (Wildman–Crippen LogP) is 3.12. The summed E-state index contributed by atoms with van der Waals surface area (Å²) in [6, 6.07) is 8.13. The van der Waals surface area contributed by atoms with Crippen molar-refractivity contribution in [1.82, 2.24) is 14.9 Å². The highest BCUT2D eigenvalue weighted by Gasteiger charge is 2.23. The van der Waals surface area contributed by atoms with Crippen LogP contribution in [0.4, 0.5) is 22.2 Å². The van der Waals surface area contributed by atoms with Crippen LogP contribution in [0.5, 0.6) is 0 Å². The number of ether oxygens (including phenoxy) is 1. The number of carbonyl (C=O) groups excluding carboxylic acids is 1. The molecule has 0 aliphatic carbocycles. The van der Waals surface area contributed by atoms with Crippen molar-refractivity contribution in [3.63, 3.8) is 0 Å². The maximum Gasteiger partial charge on any atom is 0.409 e. The van der Waals surface area contributed by atoms with Gasteiger partial charge in [0.2, 0.25) is 5.95 Å². The first-order chi connectivity index (χ1) is 12.6. The second kappa shape index (κ2) is 8.03. The molecule has 0 radical (unpaired) electrons. The number of carbonyl (C=O) groups is 1. The van der Waals surface area contributed by atoms with E-state index in [1.807, 2.05) is 13.0 Å². The maximum absolute atomic E-state index is 11.8. The van der Waals surface area contributed by atoms with Gasteiger partial charge in [-0.1, -0.05) is 17.7 Å². The van der Waals surface area contributed by atoms with Gasteiger partial charge in [-0.2, -0.15) is 4.98 Å². The topological polar surface area (TPSA) is 70.6 Å². The SMILES string of the molecule is CCOC(=O)N1CCN(c2nccc(Nc3ccc(C)cc3C)n2)CC1. The molecule has 7 nitrogen and oxygen atoms in total. The van der Waals surface area contributed by atoms with Crippen LogP contribution in [0, 0.1) is 13.8 Å². The first kappa shape index (κ1) is 18.0. The van der Waals surface area contributed by atoms with Crippen LogP contribution in [0.2, 0.25) is 0 Å². The van der Waals surface area contributed by atoms with E-state index in [-0.39, 0.29) is 6.09 Å². The normalized spacial score (nSPS) is 14.3. The third-order valence-electron chi connectivity index (χ3n) is 4.38. The lowest BCUT2D eigenvalue weighted by atomic mass is 10.1. The van der Waals surface area contributed by atoms with Crippen LogP contribution < -0.4 is 10.2 Å². The Kier molecular flexibility index (Phi) is 5.55. The summed E-state index contributed by atoms with van der Waals surface area (Å²) in [5.74, 6) is 1.43. The summed E-state index contributed by atoms with van der Waals surface area (Å²) in [4.78, 5) is 24.6. The van der Waals surface area contributed by atoms with Crippen molar-refractivity contribution in [2.24, 2.45) is 0 Å². The molecule has 26 heavy (non-hydrogen) atoms. The molecular weight excluding hydrogens is 330 g/mol. The Hall–Kier alpha value is -2.83. The molecule has 0 spiro atoms. The minimum absolute atomic E-state index is 0.252. The number of nitrogens with zero attached hydrogens (tertiary/aromatic N) is 4. The Bertz CT molecular complexity index is 772. The molecule has 1 N–H and O–H groups in total. The molecule has 1 saturated heterocycles. The number of piperazine rings is 1. The van der Waals surface area contributed by atoms with Gasteiger partial charge in [0.05, 0.1) is 6.61 Å². The quantitative estimate of drug-likeness (QED) is 0.909. The fourth-order valence-electron chi connectivity index (χ4n) is 2.97. The van der Waals surface area contributed by atoms with Gasteiger partial charge in [-0.15, -0.1) is 0 Å². The smallest absolute Gasteiger partial charge is 0.409 e. The molecule has 1 aliphatic heterocycles. The van der Waals surface area contributed by atoms with E-state index in [4.69, 9.17) is 4.74 Å². The molecule has 1 aromatic heterocycles. The summed E-state index contributed by atoms with van der Waals surface area (Å²) < 4.78 is 5.05. The number of anilines is 3. The summed E-state index contributed by atoms with van der Waals surface area (Å²) in [6.45, 7) is 8.96. The lowest BCUT2D eigenvalue weighted by Gasteiger charge is -2.34. The Labute approximate surface area is 154 Å². The van der Waals surface area contributed by atoms with E-state index < -0.39 is 0 Å². The van der Waals surface area contributed by atoms with E-state index in [1.54, 1.807) is 11.1 Å². The van der Waals surface area contributed by atoms with Crippen LogP contribution in [-0.4, -0.2) is 53.7 Å². The number of rotatable bonds is 4. The zero-order valence-corrected chi connectivity index (χ0v) is 15.5. The Morgan fingerprint density at radius 3 is 2.65 bits per heavy atom. The molecule has 3 rings (SSSR count). The minimum Gasteiger partial charge on any atom is -0.450 e. The summed E-state index contributed by atoms with van der Waals surface area (Å²) in [5.41, 5.74) is 3.44. The highest BCUT2D eigenvalue weighted by atomic mass is 16.6. The molecule has 0 atom stereocenters. The number of benzene rings is 1. The van der Waals surface area contributed by atoms with Crippen molar-refractivity contribution in [2.45, 2.75) is 20.8 Å². The van der Waals surface area contributed by atoms with Gasteiger partial charge < -0.3 is 19.9 Å². The summed E-state index contributed by atoms with van der Waals surface area (Å²) in [5, 5.41) is 3.36. The van der Waals surface area contributed by atoms with Crippen LogP contribution >= 0.6 is 0 Å². The molecule has 0 saturated carbocycles. The molecule has 0 bridgehead atoms. The van der Waals surface area contributed by atoms with Crippen LogP contribution in [0.15, 0.2) is 30.5 Å². The van der Waals surface area contributed by atoms with Crippen molar-refractivity contribution in [1.29, 1.82) is 0 Å². The second-order valence-corrected chi connectivity index (χ2v) is 6.36. The molecule has 1 aliphatic rings. The molecule has 1 aromatic carbocycles. The van der Waals surface area contributed by atoms with Crippen LogP contribution in [0.25, 0.3) is 0 Å². The van der Waals surface area contributed by atoms with E-state index in [9.17, 15) is 4.79 Å². The first-order valence-corrected chi connectivity index (χ1v) is 8.91. The van der Waals surface area contributed by atoms with E-state index in [2.05, 4.69) is 52.2 Å². The fourth-order valence-corrected chi connectivity index (χ4v) is 2.97.